The molecule has 0 saturated heterocycles. The molecule has 0 aliphatic carbocycles. The highest BCUT2D eigenvalue weighted by atomic mass is 35.5. The van der Waals surface area contributed by atoms with Crippen molar-refractivity contribution in [1.29, 1.82) is 0 Å². The Kier molecular flexibility index (Phi) is 3.90. The normalized spacial score (nSPS) is 14.6. The van der Waals surface area contributed by atoms with E-state index in [0.717, 1.165) is 4.88 Å². The monoisotopic (exact) mass is 323 g/mol. The third-order valence-electron chi connectivity index (χ3n) is 2.66. The molecule has 1 aromatic carbocycles. The average molecular weight is 325 g/mol. The molecule has 1 heterocycles. The van der Waals surface area contributed by atoms with Gasteiger partial charge in [-0.2, -0.15) is 0 Å². The molecule has 2 rings (SSSR count). The Morgan fingerprint density at radius 1 is 1.17 bits per heavy atom. The zero-order valence-electron chi connectivity index (χ0n) is 9.31. The lowest BCUT2D eigenvalue weighted by Gasteiger charge is -2.26. The van der Waals surface area contributed by atoms with Crippen LogP contribution in [-0.4, -0.2) is 0 Å². The Morgan fingerprint density at radius 3 is 2.39 bits per heavy atom. The van der Waals surface area contributed by atoms with Gasteiger partial charge in [0.05, 0.1) is 15.6 Å². The summed E-state index contributed by atoms with van der Waals surface area (Å²) in [4.78, 5) is 0.729. The summed E-state index contributed by atoms with van der Waals surface area (Å²) in [6.07, 6.45) is 0. The van der Waals surface area contributed by atoms with E-state index < -0.39 is 11.4 Å². The maximum Gasteiger partial charge on any atom is 0.142 e. The number of hydrogen-bond donors (Lipinski definition) is 1. The molecule has 0 amide bonds. The van der Waals surface area contributed by atoms with Crippen molar-refractivity contribution >= 4 is 46.1 Å². The van der Waals surface area contributed by atoms with Crippen LogP contribution in [0.25, 0.3) is 0 Å². The molecule has 0 saturated carbocycles. The lowest BCUT2D eigenvalue weighted by molar-refractivity contribution is 0.590. The molecule has 0 bridgehead atoms. The Labute approximate surface area is 123 Å². The van der Waals surface area contributed by atoms with E-state index in [9.17, 15) is 4.39 Å². The average Bonchev–Trinajstić information content (AvgIpc) is 2.70. The van der Waals surface area contributed by atoms with Crippen molar-refractivity contribution in [3.05, 3.63) is 54.9 Å². The summed E-state index contributed by atoms with van der Waals surface area (Å²) in [5.41, 5.74) is 5.75. The molecule has 6 heteroatoms. The summed E-state index contributed by atoms with van der Waals surface area (Å²) < 4.78 is 13.6. The van der Waals surface area contributed by atoms with Crippen LogP contribution >= 0.6 is 46.1 Å². The molecule has 0 radical (unpaired) electrons. The summed E-state index contributed by atoms with van der Waals surface area (Å²) in [6.45, 7) is 1.74. The summed E-state index contributed by atoms with van der Waals surface area (Å²) in [5.74, 6) is -0.555. The lowest BCUT2D eigenvalue weighted by atomic mass is 9.91. The quantitative estimate of drug-likeness (QED) is 0.767. The molecule has 0 spiro atoms. The molecule has 1 aromatic heterocycles. The molecule has 18 heavy (non-hydrogen) atoms. The Morgan fingerprint density at radius 2 is 1.83 bits per heavy atom. The zero-order chi connectivity index (χ0) is 13.5. The van der Waals surface area contributed by atoms with Crippen molar-refractivity contribution in [3.63, 3.8) is 0 Å². The predicted molar refractivity (Wildman–Crippen MR) is 76.4 cm³/mol. The van der Waals surface area contributed by atoms with Gasteiger partial charge in [0, 0.05) is 9.90 Å². The first-order valence-corrected chi connectivity index (χ1v) is 7.02. The van der Waals surface area contributed by atoms with Gasteiger partial charge in [0.15, 0.2) is 0 Å². The van der Waals surface area contributed by atoms with E-state index in [0.29, 0.717) is 15.6 Å². The lowest BCUT2D eigenvalue weighted by Crippen LogP contribution is -2.34. The summed E-state index contributed by atoms with van der Waals surface area (Å²) in [5, 5.41) is 2.65. The van der Waals surface area contributed by atoms with E-state index in [1.54, 1.807) is 13.0 Å². The molecule has 0 fully saturated rings. The largest absolute Gasteiger partial charge is 0.317 e. The first-order chi connectivity index (χ1) is 8.34. The third-order valence-corrected chi connectivity index (χ3v) is 4.84. The van der Waals surface area contributed by atoms with Gasteiger partial charge in [-0.15, -0.1) is 11.3 Å². The highest BCUT2D eigenvalue weighted by molar-refractivity contribution is 7.10. The minimum absolute atomic E-state index is 0.0307. The van der Waals surface area contributed by atoms with E-state index in [1.807, 2.05) is 5.38 Å². The van der Waals surface area contributed by atoms with Gasteiger partial charge in [0.25, 0.3) is 0 Å². The second-order valence-electron chi connectivity index (χ2n) is 4.05. The number of rotatable bonds is 2. The van der Waals surface area contributed by atoms with Gasteiger partial charge in [0.1, 0.15) is 5.82 Å². The Hall–Kier alpha value is -0.320. The molecular formula is C12H9Cl3FNS. The van der Waals surface area contributed by atoms with Gasteiger partial charge >= 0.3 is 0 Å². The standard InChI is InChI=1S/C12H9Cl3FNS/c1-12(17,11-7(13)2-3-18-11)6-4-10(16)9(15)5-8(6)14/h2-5H,17H2,1H3. The Balaban J connectivity index is 2.61. The van der Waals surface area contributed by atoms with Crippen LogP contribution in [0, 0.1) is 5.82 Å². The highest BCUT2D eigenvalue weighted by Crippen LogP contribution is 2.39. The van der Waals surface area contributed by atoms with Crippen LogP contribution in [0.5, 0.6) is 0 Å². The van der Waals surface area contributed by atoms with Crippen LogP contribution < -0.4 is 5.73 Å². The smallest absolute Gasteiger partial charge is 0.142 e. The van der Waals surface area contributed by atoms with Crippen molar-refractivity contribution in [2.24, 2.45) is 5.73 Å². The van der Waals surface area contributed by atoms with Gasteiger partial charge < -0.3 is 5.73 Å². The van der Waals surface area contributed by atoms with Gasteiger partial charge in [-0.25, -0.2) is 4.39 Å². The molecule has 0 aliphatic rings. The van der Waals surface area contributed by atoms with Crippen LogP contribution in [0.4, 0.5) is 4.39 Å². The van der Waals surface area contributed by atoms with E-state index in [4.69, 9.17) is 40.5 Å². The SMILES string of the molecule is CC(N)(c1cc(F)c(Cl)cc1Cl)c1sccc1Cl. The minimum atomic E-state index is -0.965. The van der Waals surface area contributed by atoms with Crippen molar-refractivity contribution in [2.45, 2.75) is 12.5 Å². The summed E-state index contributed by atoms with van der Waals surface area (Å²) in [7, 11) is 0. The second-order valence-corrected chi connectivity index (χ2v) is 6.18. The fourth-order valence-corrected chi connectivity index (χ4v) is 3.63. The maximum absolute atomic E-state index is 13.6. The number of hydrogen-bond acceptors (Lipinski definition) is 2. The summed E-state index contributed by atoms with van der Waals surface area (Å²) >= 11 is 19.2. The molecule has 1 unspecified atom stereocenters. The van der Waals surface area contributed by atoms with E-state index in [1.165, 1.54) is 23.5 Å². The molecule has 96 valence electrons. The van der Waals surface area contributed by atoms with Crippen molar-refractivity contribution in [1.82, 2.24) is 0 Å². The topological polar surface area (TPSA) is 26.0 Å². The fraction of sp³-hybridized carbons (Fsp3) is 0.167. The van der Waals surface area contributed by atoms with E-state index in [2.05, 4.69) is 0 Å². The fourth-order valence-electron chi connectivity index (χ4n) is 1.71. The van der Waals surface area contributed by atoms with Gasteiger partial charge in [-0.3, -0.25) is 0 Å². The number of thiophene rings is 1. The van der Waals surface area contributed by atoms with Gasteiger partial charge in [-0.05, 0) is 36.1 Å². The molecule has 1 nitrogen and oxygen atoms in total. The maximum atomic E-state index is 13.6. The molecule has 0 aliphatic heterocycles. The van der Waals surface area contributed by atoms with Crippen LogP contribution in [0.2, 0.25) is 15.1 Å². The van der Waals surface area contributed by atoms with E-state index >= 15 is 0 Å². The van der Waals surface area contributed by atoms with Gasteiger partial charge in [-0.1, -0.05) is 34.8 Å². The van der Waals surface area contributed by atoms with Crippen LogP contribution in [0.15, 0.2) is 23.6 Å². The number of nitrogens with two attached hydrogens (primary N) is 1. The first kappa shape index (κ1) is 14.1. The molecule has 2 N–H and O–H groups in total. The number of halogens is 4. The minimum Gasteiger partial charge on any atom is -0.317 e. The van der Waals surface area contributed by atoms with Crippen LogP contribution in [0.1, 0.15) is 17.4 Å². The van der Waals surface area contributed by atoms with Crippen molar-refractivity contribution in [2.75, 3.05) is 0 Å². The predicted octanol–water partition coefficient (Wildman–Crippen LogP) is 5.07. The van der Waals surface area contributed by atoms with Crippen molar-refractivity contribution < 1.29 is 4.39 Å². The van der Waals surface area contributed by atoms with Crippen LogP contribution in [0.3, 0.4) is 0 Å². The van der Waals surface area contributed by atoms with Gasteiger partial charge in [0.2, 0.25) is 0 Å². The summed E-state index contributed by atoms with van der Waals surface area (Å²) in [6, 6.07) is 4.34. The van der Waals surface area contributed by atoms with Crippen molar-refractivity contribution in [3.8, 4) is 0 Å². The first-order valence-electron chi connectivity index (χ1n) is 5.01. The molecule has 1 atom stereocenters. The number of benzene rings is 1. The van der Waals surface area contributed by atoms with Crippen LogP contribution in [-0.2, 0) is 5.54 Å². The Bertz CT molecular complexity index is 595. The van der Waals surface area contributed by atoms with E-state index in [-0.39, 0.29) is 5.02 Å². The highest BCUT2D eigenvalue weighted by Gasteiger charge is 2.30. The third kappa shape index (κ3) is 2.38. The molecular weight excluding hydrogens is 316 g/mol. The molecule has 2 aromatic rings. The zero-order valence-corrected chi connectivity index (χ0v) is 12.4. The second kappa shape index (κ2) is 4.99.